The number of benzene rings is 1. The third-order valence-corrected chi connectivity index (χ3v) is 4.10. The fourth-order valence-electron chi connectivity index (χ4n) is 1.93. The minimum atomic E-state index is -1.12. The molecule has 0 spiro atoms. The van der Waals surface area contributed by atoms with Gasteiger partial charge in [0.05, 0.1) is 9.82 Å². The van der Waals surface area contributed by atoms with Crippen molar-refractivity contribution in [2.75, 3.05) is 12.8 Å². The molecule has 0 bridgehead atoms. The number of carboxylic acid groups (broad SMARTS) is 1. The maximum Gasteiger partial charge on any atom is 0.323 e. The second kappa shape index (κ2) is 7.79. The van der Waals surface area contributed by atoms with Crippen molar-refractivity contribution in [3.8, 4) is 0 Å². The van der Waals surface area contributed by atoms with Crippen LogP contribution in [-0.4, -0.2) is 45.6 Å². The van der Waals surface area contributed by atoms with Crippen LogP contribution < -0.4 is 0 Å². The quantitative estimate of drug-likeness (QED) is 0.469. The van der Waals surface area contributed by atoms with E-state index in [1.54, 1.807) is 13.2 Å². The van der Waals surface area contributed by atoms with Crippen molar-refractivity contribution in [2.24, 2.45) is 0 Å². The van der Waals surface area contributed by atoms with Crippen LogP contribution in [0, 0.1) is 10.1 Å². The van der Waals surface area contributed by atoms with Gasteiger partial charge in [-0.3, -0.25) is 19.7 Å². The van der Waals surface area contributed by atoms with Gasteiger partial charge >= 0.3 is 5.97 Å². The molecular weight excluding hydrogens is 308 g/mol. The van der Waals surface area contributed by atoms with Gasteiger partial charge in [0.2, 0.25) is 0 Å². The number of nitrogens with zero attached hydrogens (tertiary/aromatic N) is 2. The van der Waals surface area contributed by atoms with Gasteiger partial charge in [-0.05, 0) is 31.7 Å². The monoisotopic (exact) mass is 326 g/mol. The third-order valence-electron chi connectivity index (χ3n) is 3.31. The Kier molecular flexibility index (Phi) is 6.36. The van der Waals surface area contributed by atoms with Gasteiger partial charge in [-0.25, -0.2) is 0 Å². The first kappa shape index (κ1) is 18.0. The van der Waals surface area contributed by atoms with Crippen molar-refractivity contribution in [2.45, 2.75) is 31.2 Å². The van der Waals surface area contributed by atoms with Gasteiger partial charge in [0.1, 0.15) is 6.54 Å². The van der Waals surface area contributed by atoms with E-state index in [1.807, 2.05) is 6.92 Å². The number of nitro groups is 1. The molecule has 120 valence electrons. The van der Waals surface area contributed by atoms with Gasteiger partial charge in [-0.15, -0.1) is 11.8 Å². The molecule has 1 atom stereocenters. The zero-order valence-electron chi connectivity index (χ0n) is 12.6. The average molecular weight is 326 g/mol. The summed E-state index contributed by atoms with van der Waals surface area (Å²) in [5, 5.41) is 20.0. The van der Waals surface area contributed by atoms with Gasteiger partial charge in [0.15, 0.2) is 0 Å². The second-order valence-corrected chi connectivity index (χ2v) is 5.58. The molecule has 7 nitrogen and oxygen atoms in total. The number of hydrogen-bond acceptors (Lipinski definition) is 5. The van der Waals surface area contributed by atoms with Gasteiger partial charge in [-0.2, -0.15) is 0 Å². The van der Waals surface area contributed by atoms with Crippen LogP contribution in [0.5, 0.6) is 0 Å². The summed E-state index contributed by atoms with van der Waals surface area (Å²) in [4.78, 5) is 35.6. The van der Waals surface area contributed by atoms with Crippen LogP contribution in [-0.2, 0) is 4.79 Å². The number of nitro benzene ring substituents is 1. The Bertz CT molecular complexity index is 591. The van der Waals surface area contributed by atoms with Gasteiger partial charge < -0.3 is 10.0 Å². The minimum absolute atomic E-state index is 0.117. The van der Waals surface area contributed by atoms with Crippen LogP contribution in [0.4, 0.5) is 5.69 Å². The van der Waals surface area contributed by atoms with E-state index in [1.165, 1.54) is 34.9 Å². The number of thioether (sulfide) groups is 1. The van der Waals surface area contributed by atoms with Crippen molar-refractivity contribution < 1.29 is 19.6 Å². The van der Waals surface area contributed by atoms with Crippen LogP contribution in [0.3, 0.4) is 0 Å². The molecule has 22 heavy (non-hydrogen) atoms. The minimum Gasteiger partial charge on any atom is -0.480 e. The predicted octanol–water partition coefficient (Wildman–Crippen LogP) is 2.64. The Morgan fingerprint density at radius 3 is 2.55 bits per heavy atom. The number of carbonyl (C=O) groups excluding carboxylic acids is 1. The van der Waals surface area contributed by atoms with Crippen molar-refractivity contribution in [3.05, 3.63) is 33.9 Å². The Labute approximate surface area is 132 Å². The standard InChI is InChI=1S/C14H18N2O5S/c1-4-9(2)15(8-13(17)18)14(19)10-5-6-12(22-3)11(7-10)16(20)21/h5-7,9H,4,8H2,1-3H3,(H,17,18). The topological polar surface area (TPSA) is 101 Å². The highest BCUT2D eigenvalue weighted by Gasteiger charge is 2.25. The van der Waals surface area contributed by atoms with E-state index in [0.717, 1.165) is 0 Å². The molecule has 0 aliphatic rings. The Morgan fingerprint density at radius 2 is 2.09 bits per heavy atom. The lowest BCUT2D eigenvalue weighted by atomic mass is 10.1. The highest BCUT2D eigenvalue weighted by atomic mass is 32.2. The van der Waals surface area contributed by atoms with E-state index >= 15 is 0 Å². The molecule has 1 unspecified atom stereocenters. The molecular formula is C14H18N2O5S. The smallest absolute Gasteiger partial charge is 0.323 e. The first-order valence-electron chi connectivity index (χ1n) is 6.67. The molecule has 0 radical (unpaired) electrons. The van der Waals surface area contributed by atoms with Crippen molar-refractivity contribution in [3.63, 3.8) is 0 Å². The first-order valence-corrected chi connectivity index (χ1v) is 7.89. The Balaban J connectivity index is 3.21. The van der Waals surface area contributed by atoms with Crippen LogP contribution >= 0.6 is 11.8 Å². The molecule has 0 heterocycles. The maximum absolute atomic E-state index is 12.5. The Hall–Kier alpha value is -2.09. The van der Waals surface area contributed by atoms with Crippen molar-refractivity contribution in [1.82, 2.24) is 4.90 Å². The summed E-state index contributed by atoms with van der Waals surface area (Å²) in [5.41, 5.74) is -0.0381. The van der Waals surface area contributed by atoms with E-state index in [2.05, 4.69) is 0 Å². The van der Waals surface area contributed by atoms with Gasteiger partial charge in [-0.1, -0.05) is 6.92 Å². The van der Waals surface area contributed by atoms with Crippen LogP contribution in [0.25, 0.3) is 0 Å². The van der Waals surface area contributed by atoms with E-state index in [9.17, 15) is 19.7 Å². The highest BCUT2D eigenvalue weighted by Crippen LogP contribution is 2.29. The Morgan fingerprint density at radius 1 is 1.45 bits per heavy atom. The lowest BCUT2D eigenvalue weighted by Crippen LogP contribution is -2.41. The largest absolute Gasteiger partial charge is 0.480 e. The zero-order chi connectivity index (χ0) is 16.9. The second-order valence-electron chi connectivity index (χ2n) is 4.73. The SMILES string of the molecule is CCC(C)N(CC(=O)O)C(=O)c1ccc(SC)c([N+](=O)[O-])c1. The number of carbonyl (C=O) groups is 2. The van der Waals surface area contributed by atoms with Crippen LogP contribution in [0.1, 0.15) is 30.6 Å². The zero-order valence-corrected chi connectivity index (χ0v) is 13.4. The van der Waals surface area contributed by atoms with Crippen molar-refractivity contribution >= 4 is 29.3 Å². The molecule has 0 saturated carbocycles. The summed E-state index contributed by atoms with van der Waals surface area (Å²) in [7, 11) is 0. The van der Waals surface area contributed by atoms with E-state index < -0.39 is 23.3 Å². The first-order chi connectivity index (χ1) is 10.3. The molecule has 1 aromatic rings. The van der Waals surface area contributed by atoms with Gasteiger partial charge in [0, 0.05) is 17.7 Å². The molecule has 0 aliphatic heterocycles. The number of carboxylic acids is 1. The normalized spacial score (nSPS) is 11.8. The summed E-state index contributed by atoms with van der Waals surface area (Å²) in [6, 6.07) is 3.91. The number of rotatable bonds is 7. The van der Waals surface area contributed by atoms with E-state index in [-0.39, 0.29) is 17.3 Å². The molecule has 0 saturated heterocycles. The fourth-order valence-corrected chi connectivity index (χ4v) is 2.47. The summed E-state index contributed by atoms with van der Waals surface area (Å²) in [5.74, 6) is -1.64. The average Bonchev–Trinajstić information content (AvgIpc) is 2.50. The number of amides is 1. The van der Waals surface area contributed by atoms with Crippen LogP contribution in [0.15, 0.2) is 23.1 Å². The summed E-state index contributed by atoms with van der Waals surface area (Å²) in [6.07, 6.45) is 2.30. The maximum atomic E-state index is 12.5. The lowest BCUT2D eigenvalue weighted by Gasteiger charge is -2.27. The number of aliphatic carboxylic acids is 1. The van der Waals surface area contributed by atoms with E-state index in [0.29, 0.717) is 11.3 Å². The van der Waals surface area contributed by atoms with Crippen LogP contribution in [0.2, 0.25) is 0 Å². The molecule has 0 fully saturated rings. The molecule has 8 heteroatoms. The third kappa shape index (κ3) is 4.20. The van der Waals surface area contributed by atoms with Crippen molar-refractivity contribution in [1.29, 1.82) is 0 Å². The highest BCUT2D eigenvalue weighted by molar-refractivity contribution is 7.98. The molecule has 0 aromatic heterocycles. The fraction of sp³-hybridized carbons (Fsp3) is 0.429. The summed E-state index contributed by atoms with van der Waals surface area (Å²) >= 11 is 1.21. The summed E-state index contributed by atoms with van der Waals surface area (Å²) in [6.45, 7) is 3.14. The van der Waals surface area contributed by atoms with E-state index in [4.69, 9.17) is 5.11 Å². The lowest BCUT2D eigenvalue weighted by molar-refractivity contribution is -0.387. The van der Waals surface area contributed by atoms with Gasteiger partial charge in [0.25, 0.3) is 11.6 Å². The molecule has 1 rings (SSSR count). The number of hydrogen-bond donors (Lipinski definition) is 1. The predicted molar refractivity (Wildman–Crippen MR) is 83.3 cm³/mol. The molecule has 0 aliphatic carbocycles. The molecule has 1 amide bonds. The molecule has 1 aromatic carbocycles. The summed E-state index contributed by atoms with van der Waals surface area (Å²) < 4.78 is 0. The molecule has 1 N–H and O–H groups in total.